The molecule has 1 aromatic carbocycles. The monoisotopic (exact) mass is 340 g/mol. The number of carbonyl (C=O) groups is 1. The number of amides is 1. The SMILES string of the molecule is CCC(CC(C)(C)C)NC(=O)c1ccc(Oc2ccc(C)cn2)cc1. The lowest BCUT2D eigenvalue weighted by atomic mass is 9.87. The van der Waals surface area contributed by atoms with Gasteiger partial charge in [0, 0.05) is 23.9 Å². The van der Waals surface area contributed by atoms with Gasteiger partial charge in [-0.1, -0.05) is 33.8 Å². The van der Waals surface area contributed by atoms with Crippen LogP contribution in [0.1, 0.15) is 56.5 Å². The van der Waals surface area contributed by atoms with Gasteiger partial charge in [-0.25, -0.2) is 4.98 Å². The second-order valence-electron chi connectivity index (χ2n) is 7.64. The van der Waals surface area contributed by atoms with Crippen molar-refractivity contribution in [1.29, 1.82) is 0 Å². The van der Waals surface area contributed by atoms with Crippen LogP contribution in [0.15, 0.2) is 42.6 Å². The molecular weight excluding hydrogens is 312 g/mol. The lowest BCUT2D eigenvalue weighted by Crippen LogP contribution is -2.37. The minimum absolute atomic E-state index is 0.0453. The molecule has 2 rings (SSSR count). The molecule has 1 unspecified atom stereocenters. The normalized spacial score (nSPS) is 12.5. The van der Waals surface area contributed by atoms with Crippen LogP contribution in [-0.2, 0) is 0 Å². The number of nitrogens with zero attached hydrogens (tertiary/aromatic N) is 1. The van der Waals surface area contributed by atoms with Crippen molar-refractivity contribution in [2.45, 2.75) is 53.5 Å². The van der Waals surface area contributed by atoms with Crippen LogP contribution in [0, 0.1) is 12.3 Å². The van der Waals surface area contributed by atoms with Crippen molar-refractivity contribution in [2.24, 2.45) is 5.41 Å². The second-order valence-corrected chi connectivity index (χ2v) is 7.64. The van der Waals surface area contributed by atoms with Crippen molar-refractivity contribution in [3.63, 3.8) is 0 Å². The van der Waals surface area contributed by atoms with Gasteiger partial charge in [-0.3, -0.25) is 4.79 Å². The first-order chi connectivity index (χ1) is 11.8. The maximum absolute atomic E-state index is 12.4. The molecule has 25 heavy (non-hydrogen) atoms. The zero-order valence-electron chi connectivity index (χ0n) is 15.8. The predicted molar refractivity (Wildman–Crippen MR) is 101 cm³/mol. The number of pyridine rings is 1. The van der Waals surface area contributed by atoms with Crippen LogP contribution in [0.4, 0.5) is 0 Å². The quantitative estimate of drug-likeness (QED) is 0.793. The van der Waals surface area contributed by atoms with E-state index in [0.717, 1.165) is 18.4 Å². The number of aryl methyl sites for hydroxylation is 1. The minimum atomic E-state index is -0.0453. The van der Waals surface area contributed by atoms with Crippen LogP contribution in [0.5, 0.6) is 11.6 Å². The van der Waals surface area contributed by atoms with E-state index in [-0.39, 0.29) is 17.4 Å². The van der Waals surface area contributed by atoms with Gasteiger partial charge in [0.25, 0.3) is 5.91 Å². The van der Waals surface area contributed by atoms with Gasteiger partial charge in [-0.15, -0.1) is 0 Å². The Morgan fingerprint density at radius 2 is 1.84 bits per heavy atom. The molecule has 0 bridgehead atoms. The van der Waals surface area contributed by atoms with E-state index in [9.17, 15) is 4.79 Å². The number of hydrogen-bond acceptors (Lipinski definition) is 3. The van der Waals surface area contributed by atoms with Crippen LogP contribution in [0.2, 0.25) is 0 Å². The zero-order valence-corrected chi connectivity index (χ0v) is 15.8. The maximum atomic E-state index is 12.4. The molecule has 1 aromatic heterocycles. The smallest absolute Gasteiger partial charge is 0.251 e. The van der Waals surface area contributed by atoms with E-state index in [1.807, 2.05) is 19.1 Å². The summed E-state index contributed by atoms with van der Waals surface area (Å²) in [5, 5.41) is 3.12. The molecule has 0 radical (unpaired) electrons. The van der Waals surface area contributed by atoms with E-state index in [1.54, 1.807) is 30.5 Å². The van der Waals surface area contributed by atoms with Crippen LogP contribution in [0.25, 0.3) is 0 Å². The number of aromatic nitrogens is 1. The summed E-state index contributed by atoms with van der Waals surface area (Å²) in [6.45, 7) is 10.6. The molecule has 4 nitrogen and oxygen atoms in total. The Labute approximate surface area is 150 Å². The van der Waals surface area contributed by atoms with E-state index in [1.165, 1.54) is 0 Å². The topological polar surface area (TPSA) is 51.2 Å². The van der Waals surface area contributed by atoms with Crippen LogP contribution in [0.3, 0.4) is 0 Å². The van der Waals surface area contributed by atoms with Crippen LogP contribution in [-0.4, -0.2) is 16.9 Å². The average molecular weight is 340 g/mol. The molecule has 0 aliphatic carbocycles. The van der Waals surface area contributed by atoms with Gasteiger partial charge in [0.2, 0.25) is 5.88 Å². The Morgan fingerprint density at radius 3 is 2.36 bits per heavy atom. The van der Waals surface area contributed by atoms with Gasteiger partial charge in [-0.2, -0.15) is 0 Å². The van der Waals surface area contributed by atoms with E-state index in [4.69, 9.17) is 4.74 Å². The predicted octanol–water partition coefficient (Wildman–Crippen LogP) is 5.13. The van der Waals surface area contributed by atoms with Gasteiger partial charge in [-0.05, 0) is 55.0 Å². The molecule has 4 heteroatoms. The van der Waals surface area contributed by atoms with E-state index >= 15 is 0 Å². The zero-order chi connectivity index (χ0) is 18.4. The number of rotatable bonds is 6. The first-order valence-electron chi connectivity index (χ1n) is 8.78. The summed E-state index contributed by atoms with van der Waals surface area (Å²) in [4.78, 5) is 16.7. The summed E-state index contributed by atoms with van der Waals surface area (Å²) in [5.41, 5.74) is 1.91. The Hall–Kier alpha value is -2.36. The summed E-state index contributed by atoms with van der Waals surface area (Å²) in [7, 11) is 0. The molecule has 0 aliphatic heterocycles. The summed E-state index contributed by atoms with van der Waals surface area (Å²) in [6.07, 6.45) is 3.64. The number of benzene rings is 1. The van der Waals surface area contributed by atoms with Crippen molar-refractivity contribution in [3.05, 3.63) is 53.7 Å². The highest BCUT2D eigenvalue weighted by Crippen LogP contribution is 2.23. The molecule has 1 atom stereocenters. The van der Waals surface area contributed by atoms with E-state index in [2.05, 4.69) is 38.0 Å². The lowest BCUT2D eigenvalue weighted by molar-refractivity contribution is 0.0925. The van der Waals surface area contributed by atoms with Crippen molar-refractivity contribution in [3.8, 4) is 11.6 Å². The van der Waals surface area contributed by atoms with E-state index in [0.29, 0.717) is 17.2 Å². The Balaban J connectivity index is 1.98. The summed E-state index contributed by atoms with van der Waals surface area (Å²) < 4.78 is 5.69. The Kier molecular flexibility index (Phi) is 6.18. The van der Waals surface area contributed by atoms with Gasteiger partial charge in [0.15, 0.2) is 0 Å². The Morgan fingerprint density at radius 1 is 1.16 bits per heavy atom. The fraction of sp³-hybridized carbons (Fsp3) is 0.429. The van der Waals surface area contributed by atoms with Crippen molar-refractivity contribution in [1.82, 2.24) is 10.3 Å². The highest BCUT2D eigenvalue weighted by molar-refractivity contribution is 5.94. The number of carbonyl (C=O) groups excluding carboxylic acids is 1. The molecular formula is C21H28N2O2. The van der Waals surface area contributed by atoms with Gasteiger partial charge >= 0.3 is 0 Å². The van der Waals surface area contributed by atoms with Gasteiger partial charge < -0.3 is 10.1 Å². The second kappa shape index (κ2) is 8.15. The maximum Gasteiger partial charge on any atom is 0.251 e. The standard InChI is InChI=1S/C21H28N2O2/c1-6-17(13-21(3,4)5)23-20(24)16-8-10-18(11-9-16)25-19-12-7-15(2)14-22-19/h7-12,14,17H,6,13H2,1-5H3,(H,23,24). The molecule has 1 amide bonds. The number of ether oxygens (including phenoxy) is 1. The summed E-state index contributed by atoms with van der Waals surface area (Å²) in [6, 6.07) is 11.1. The summed E-state index contributed by atoms with van der Waals surface area (Å²) in [5.74, 6) is 1.16. The van der Waals surface area contributed by atoms with Crippen molar-refractivity contribution in [2.75, 3.05) is 0 Å². The molecule has 2 aromatic rings. The number of hydrogen-bond donors (Lipinski definition) is 1. The van der Waals surface area contributed by atoms with Gasteiger partial charge in [0.1, 0.15) is 5.75 Å². The first kappa shape index (κ1) is 19.0. The highest BCUT2D eigenvalue weighted by atomic mass is 16.5. The third-order valence-corrected chi connectivity index (χ3v) is 3.91. The lowest BCUT2D eigenvalue weighted by Gasteiger charge is -2.26. The molecule has 0 saturated heterocycles. The van der Waals surface area contributed by atoms with Crippen molar-refractivity contribution < 1.29 is 9.53 Å². The van der Waals surface area contributed by atoms with Gasteiger partial charge in [0.05, 0.1) is 0 Å². The molecule has 134 valence electrons. The minimum Gasteiger partial charge on any atom is -0.439 e. The first-order valence-corrected chi connectivity index (χ1v) is 8.78. The highest BCUT2D eigenvalue weighted by Gasteiger charge is 2.19. The molecule has 1 N–H and O–H groups in total. The third kappa shape index (κ3) is 6.22. The molecule has 0 saturated carbocycles. The van der Waals surface area contributed by atoms with E-state index < -0.39 is 0 Å². The number of nitrogens with one attached hydrogen (secondary N) is 1. The Bertz CT molecular complexity index is 685. The fourth-order valence-corrected chi connectivity index (χ4v) is 2.62. The third-order valence-electron chi connectivity index (χ3n) is 3.91. The van der Waals surface area contributed by atoms with Crippen LogP contribution >= 0.6 is 0 Å². The largest absolute Gasteiger partial charge is 0.439 e. The molecule has 0 fully saturated rings. The molecule has 1 heterocycles. The summed E-state index contributed by atoms with van der Waals surface area (Å²) >= 11 is 0. The average Bonchev–Trinajstić information content (AvgIpc) is 2.55. The fourth-order valence-electron chi connectivity index (χ4n) is 2.62. The molecule has 0 aliphatic rings. The van der Waals surface area contributed by atoms with Crippen LogP contribution < -0.4 is 10.1 Å². The molecule has 0 spiro atoms. The van der Waals surface area contributed by atoms with Crippen molar-refractivity contribution >= 4 is 5.91 Å².